The van der Waals surface area contributed by atoms with Crippen LogP contribution in [0.15, 0.2) is 12.2 Å². The number of esters is 1. The number of unbranched alkanes of at least 4 members (excludes halogenated alkanes) is 11. The zero-order valence-electron chi connectivity index (χ0n) is 19.3. The molecule has 1 atom stereocenters. The van der Waals surface area contributed by atoms with Gasteiger partial charge in [0.05, 0.1) is 19.8 Å². The van der Waals surface area contributed by atoms with Gasteiger partial charge in [0.25, 0.3) is 0 Å². The van der Waals surface area contributed by atoms with E-state index in [0.717, 1.165) is 25.7 Å². The van der Waals surface area contributed by atoms with E-state index in [1.165, 1.54) is 57.8 Å². The fourth-order valence-electron chi connectivity index (χ4n) is 3.04. The summed E-state index contributed by atoms with van der Waals surface area (Å²) in [5.74, 6) is -0.218. The predicted octanol–water partition coefficient (Wildman–Crippen LogP) is 7.11. The van der Waals surface area contributed by atoms with E-state index in [1.54, 1.807) is 6.92 Å². The minimum Gasteiger partial charge on any atom is -0.466 e. The quantitative estimate of drug-likeness (QED) is 0.0822. The van der Waals surface area contributed by atoms with Crippen molar-refractivity contribution in [1.29, 1.82) is 0 Å². The Morgan fingerprint density at radius 2 is 1.33 bits per heavy atom. The molecule has 7 heteroatoms. The molecule has 0 aromatic carbocycles. The van der Waals surface area contributed by atoms with Gasteiger partial charge in [-0.05, 0) is 39.0 Å². The molecule has 0 aliphatic carbocycles. The number of carbonyl (C=O) groups excluding carboxylic acids is 1. The number of hydrogen-bond donors (Lipinski definition) is 1. The summed E-state index contributed by atoms with van der Waals surface area (Å²) < 4.78 is 25.7. The summed E-state index contributed by atoms with van der Waals surface area (Å²) in [5.41, 5.74) is 0. The first-order valence-electron chi connectivity index (χ1n) is 11.9. The lowest BCUT2D eigenvalue weighted by Crippen LogP contribution is -2.07. The first-order chi connectivity index (χ1) is 14.5. The van der Waals surface area contributed by atoms with E-state index in [-0.39, 0.29) is 25.8 Å². The van der Waals surface area contributed by atoms with Gasteiger partial charge in [0.15, 0.2) is 0 Å². The van der Waals surface area contributed by atoms with E-state index in [2.05, 4.69) is 23.6 Å². The van der Waals surface area contributed by atoms with Crippen molar-refractivity contribution in [3.8, 4) is 0 Å². The van der Waals surface area contributed by atoms with Crippen LogP contribution in [0.3, 0.4) is 0 Å². The number of phosphoric acid groups is 1. The topological polar surface area (TPSA) is 82.1 Å². The van der Waals surface area contributed by atoms with Gasteiger partial charge in [-0.15, -0.1) is 0 Å². The van der Waals surface area contributed by atoms with Gasteiger partial charge < -0.3 is 9.63 Å². The number of allylic oxidation sites excluding steroid dienone is 2. The second-order valence-corrected chi connectivity index (χ2v) is 9.08. The lowest BCUT2D eigenvalue weighted by Gasteiger charge is -2.10. The van der Waals surface area contributed by atoms with Crippen LogP contribution in [0.4, 0.5) is 0 Å². The maximum absolute atomic E-state index is 11.6. The van der Waals surface area contributed by atoms with Crippen molar-refractivity contribution in [2.75, 3.05) is 19.8 Å². The third-order valence-corrected chi connectivity index (χ3v) is 5.83. The van der Waals surface area contributed by atoms with Crippen LogP contribution in [0.1, 0.15) is 110 Å². The highest BCUT2D eigenvalue weighted by atomic mass is 31.2. The molecule has 6 nitrogen and oxygen atoms in total. The maximum Gasteiger partial charge on any atom is 0.472 e. The zero-order valence-corrected chi connectivity index (χ0v) is 20.2. The van der Waals surface area contributed by atoms with Crippen LogP contribution in [0.5, 0.6) is 0 Å². The third kappa shape index (κ3) is 22.0. The first kappa shape index (κ1) is 29.3. The van der Waals surface area contributed by atoms with Crippen LogP contribution in [-0.4, -0.2) is 30.7 Å². The van der Waals surface area contributed by atoms with E-state index < -0.39 is 7.82 Å². The molecule has 0 aliphatic heterocycles. The fourth-order valence-corrected chi connectivity index (χ4v) is 3.80. The standard InChI is InChI=1S/C23H45O6P/c1-3-5-6-7-8-9-10-11-12-13-14-15-16-17-18-20-23(24)27-21-19-22-29-30(25,26)28-4-2/h11-12H,3-10,13-22H2,1-2H3,(H,25,26)/b12-11-. The Labute approximate surface area is 184 Å². The molecule has 0 bridgehead atoms. The molecule has 0 saturated heterocycles. The average molecular weight is 449 g/mol. The van der Waals surface area contributed by atoms with Gasteiger partial charge in [-0.2, -0.15) is 0 Å². The van der Waals surface area contributed by atoms with Crippen molar-refractivity contribution in [3.63, 3.8) is 0 Å². The van der Waals surface area contributed by atoms with Crippen molar-refractivity contribution < 1.29 is 28.0 Å². The van der Waals surface area contributed by atoms with E-state index in [1.807, 2.05) is 0 Å². The van der Waals surface area contributed by atoms with E-state index in [9.17, 15) is 14.3 Å². The molecular weight excluding hydrogens is 403 g/mol. The van der Waals surface area contributed by atoms with Crippen LogP contribution in [0, 0.1) is 0 Å². The minimum absolute atomic E-state index is 0.0223. The van der Waals surface area contributed by atoms with E-state index >= 15 is 0 Å². The second kappa shape index (κ2) is 21.5. The molecule has 30 heavy (non-hydrogen) atoms. The molecule has 0 spiro atoms. The van der Waals surface area contributed by atoms with Gasteiger partial charge in [-0.1, -0.05) is 70.4 Å². The Kier molecular flexibility index (Phi) is 21.1. The molecular formula is C23H45O6P. The molecule has 0 aromatic heterocycles. The lowest BCUT2D eigenvalue weighted by molar-refractivity contribution is -0.144. The largest absolute Gasteiger partial charge is 0.472 e. The molecule has 0 heterocycles. The molecule has 178 valence electrons. The van der Waals surface area contributed by atoms with Gasteiger partial charge in [0.1, 0.15) is 0 Å². The molecule has 1 N–H and O–H groups in total. The second-order valence-electron chi connectivity index (χ2n) is 7.63. The van der Waals surface area contributed by atoms with E-state index in [4.69, 9.17) is 9.26 Å². The molecule has 0 saturated carbocycles. The zero-order chi connectivity index (χ0) is 22.3. The van der Waals surface area contributed by atoms with Crippen molar-refractivity contribution in [3.05, 3.63) is 12.2 Å². The Bertz CT molecular complexity index is 467. The van der Waals surface area contributed by atoms with E-state index in [0.29, 0.717) is 12.8 Å². The third-order valence-electron chi connectivity index (χ3n) is 4.74. The monoisotopic (exact) mass is 448 g/mol. The predicted molar refractivity (Wildman–Crippen MR) is 122 cm³/mol. The Balaban J connectivity index is 3.33. The Hall–Kier alpha value is -0.680. The fraction of sp³-hybridized carbons (Fsp3) is 0.870. The summed E-state index contributed by atoms with van der Waals surface area (Å²) in [6.07, 6.45) is 21.4. The Morgan fingerprint density at radius 1 is 0.767 bits per heavy atom. The molecule has 0 aromatic rings. The average Bonchev–Trinajstić information content (AvgIpc) is 2.70. The molecule has 0 aliphatic rings. The highest BCUT2D eigenvalue weighted by molar-refractivity contribution is 7.47. The molecule has 0 fully saturated rings. The summed E-state index contributed by atoms with van der Waals surface area (Å²) in [6.45, 7) is 4.19. The number of phosphoric ester groups is 1. The maximum atomic E-state index is 11.6. The van der Waals surface area contributed by atoms with Crippen LogP contribution in [0.25, 0.3) is 0 Å². The van der Waals surface area contributed by atoms with Gasteiger partial charge in [0.2, 0.25) is 0 Å². The van der Waals surface area contributed by atoms with Gasteiger partial charge in [0, 0.05) is 12.8 Å². The number of ether oxygens (including phenoxy) is 1. The van der Waals surface area contributed by atoms with Crippen LogP contribution >= 0.6 is 7.82 Å². The van der Waals surface area contributed by atoms with Gasteiger partial charge in [-0.3, -0.25) is 13.8 Å². The number of hydrogen-bond acceptors (Lipinski definition) is 5. The van der Waals surface area contributed by atoms with Gasteiger partial charge >= 0.3 is 13.8 Å². The summed E-state index contributed by atoms with van der Waals surface area (Å²) in [5, 5.41) is 0. The van der Waals surface area contributed by atoms with Crippen molar-refractivity contribution in [1.82, 2.24) is 0 Å². The smallest absolute Gasteiger partial charge is 0.466 e. The van der Waals surface area contributed by atoms with Crippen LogP contribution in [0.2, 0.25) is 0 Å². The van der Waals surface area contributed by atoms with Crippen LogP contribution < -0.4 is 0 Å². The number of carbonyl (C=O) groups is 1. The molecule has 0 radical (unpaired) electrons. The van der Waals surface area contributed by atoms with Crippen molar-refractivity contribution >= 4 is 13.8 Å². The van der Waals surface area contributed by atoms with Crippen LogP contribution in [-0.2, 0) is 23.1 Å². The normalized spacial score (nSPS) is 13.6. The lowest BCUT2D eigenvalue weighted by atomic mass is 10.1. The summed E-state index contributed by atoms with van der Waals surface area (Å²) >= 11 is 0. The molecule has 1 unspecified atom stereocenters. The molecule has 0 rings (SSSR count). The highest BCUT2D eigenvalue weighted by Gasteiger charge is 2.19. The van der Waals surface area contributed by atoms with Crippen molar-refractivity contribution in [2.45, 2.75) is 110 Å². The Morgan fingerprint density at radius 3 is 1.93 bits per heavy atom. The van der Waals surface area contributed by atoms with Crippen molar-refractivity contribution in [2.24, 2.45) is 0 Å². The first-order valence-corrected chi connectivity index (χ1v) is 13.4. The summed E-state index contributed by atoms with van der Waals surface area (Å²) in [7, 11) is -3.95. The minimum atomic E-state index is -3.95. The number of rotatable bonds is 22. The van der Waals surface area contributed by atoms with Gasteiger partial charge in [-0.25, -0.2) is 4.57 Å². The summed E-state index contributed by atoms with van der Waals surface area (Å²) in [6, 6.07) is 0. The summed E-state index contributed by atoms with van der Waals surface area (Å²) in [4.78, 5) is 20.9. The molecule has 0 amide bonds. The highest BCUT2D eigenvalue weighted by Crippen LogP contribution is 2.42. The SMILES string of the molecule is CCCCCCCC/C=C\CCCCCCCC(=O)OCCCOP(=O)(O)OCC.